The molecule has 2 fully saturated rings. The van der Waals surface area contributed by atoms with Gasteiger partial charge in [-0.05, 0) is 37.5 Å². The second kappa shape index (κ2) is 6.98. The number of imide groups is 2. The molecule has 2 heterocycles. The van der Waals surface area contributed by atoms with Crippen LogP contribution in [0, 0.1) is 0 Å². The molecule has 0 atom stereocenters. The molecule has 1 saturated heterocycles. The van der Waals surface area contributed by atoms with Gasteiger partial charge in [0.15, 0.2) is 0 Å². The van der Waals surface area contributed by atoms with E-state index in [1.807, 2.05) is 0 Å². The molecule has 3 aliphatic rings. The number of fused-ring (bicyclic) bond motifs is 1. The summed E-state index contributed by atoms with van der Waals surface area (Å²) in [5, 5.41) is 5.55. The van der Waals surface area contributed by atoms with Crippen molar-refractivity contribution in [1.82, 2.24) is 20.4 Å². The number of carbonyl (C=O) groups excluding carboxylic acids is 5. The maximum absolute atomic E-state index is 12.6. The molecule has 0 radical (unpaired) electrons. The summed E-state index contributed by atoms with van der Waals surface area (Å²) in [5.74, 6) is -1.37. The zero-order valence-corrected chi connectivity index (χ0v) is 16.1. The van der Waals surface area contributed by atoms with Crippen molar-refractivity contribution in [3.05, 3.63) is 34.9 Å². The summed E-state index contributed by atoms with van der Waals surface area (Å²) < 4.78 is 0. The number of hydrogen-bond acceptors (Lipinski definition) is 5. The van der Waals surface area contributed by atoms with Gasteiger partial charge in [-0.3, -0.25) is 29.0 Å². The smallest absolute Gasteiger partial charge is 0.325 e. The zero-order valence-electron chi connectivity index (χ0n) is 16.1. The molecule has 1 spiro atoms. The lowest BCUT2D eigenvalue weighted by molar-refractivity contribution is -0.131. The van der Waals surface area contributed by atoms with E-state index in [1.165, 1.54) is 30.1 Å². The third-order valence-corrected chi connectivity index (χ3v) is 5.90. The molecule has 6 amide bonds. The standard InChI is InChI=1S/C20H22N4O5/c1-23-16(26)13-6-5-12(11-14(13)17(23)27)15(25)21-9-4-10-24-18(28)20(22-19(24)29)7-2-3-8-20/h5-6,11H,2-4,7-10H2,1H3,(H,21,25)(H,22,29). The van der Waals surface area contributed by atoms with Crippen molar-refractivity contribution in [1.29, 1.82) is 0 Å². The van der Waals surface area contributed by atoms with Crippen molar-refractivity contribution in [3.8, 4) is 0 Å². The molecular formula is C20H22N4O5. The molecule has 2 N–H and O–H groups in total. The highest BCUT2D eigenvalue weighted by atomic mass is 16.2. The van der Waals surface area contributed by atoms with Crippen LogP contribution in [0.5, 0.6) is 0 Å². The van der Waals surface area contributed by atoms with Crippen LogP contribution in [0.1, 0.15) is 63.2 Å². The Balaban J connectivity index is 1.31. The Kier molecular flexibility index (Phi) is 4.60. The Morgan fingerprint density at radius 3 is 2.52 bits per heavy atom. The molecule has 1 aromatic rings. The lowest BCUT2D eigenvalue weighted by Crippen LogP contribution is -2.44. The number of urea groups is 1. The van der Waals surface area contributed by atoms with Crippen molar-refractivity contribution in [3.63, 3.8) is 0 Å². The minimum atomic E-state index is -0.720. The lowest BCUT2D eigenvalue weighted by atomic mass is 9.98. The topological polar surface area (TPSA) is 116 Å². The van der Waals surface area contributed by atoms with E-state index in [1.54, 1.807) is 0 Å². The third-order valence-electron chi connectivity index (χ3n) is 5.90. The van der Waals surface area contributed by atoms with Crippen LogP contribution in [0.25, 0.3) is 0 Å². The van der Waals surface area contributed by atoms with E-state index in [-0.39, 0.29) is 53.5 Å². The van der Waals surface area contributed by atoms with Gasteiger partial charge in [-0.25, -0.2) is 4.79 Å². The number of amides is 6. The third kappa shape index (κ3) is 3.06. The van der Waals surface area contributed by atoms with Crippen molar-refractivity contribution in [2.75, 3.05) is 20.1 Å². The predicted molar refractivity (Wildman–Crippen MR) is 101 cm³/mol. The first-order chi connectivity index (χ1) is 13.8. The van der Waals surface area contributed by atoms with Gasteiger partial charge in [0.05, 0.1) is 11.1 Å². The molecular weight excluding hydrogens is 376 g/mol. The van der Waals surface area contributed by atoms with Gasteiger partial charge in [-0.2, -0.15) is 0 Å². The Bertz CT molecular complexity index is 935. The van der Waals surface area contributed by atoms with E-state index in [4.69, 9.17) is 0 Å². The summed E-state index contributed by atoms with van der Waals surface area (Å²) in [6.45, 7) is 0.501. The summed E-state index contributed by atoms with van der Waals surface area (Å²) in [5.41, 5.74) is 0.0573. The van der Waals surface area contributed by atoms with E-state index >= 15 is 0 Å². The van der Waals surface area contributed by atoms with Gasteiger partial charge >= 0.3 is 6.03 Å². The summed E-state index contributed by atoms with van der Waals surface area (Å²) in [4.78, 5) is 63.3. The monoisotopic (exact) mass is 398 g/mol. The molecule has 0 aromatic heterocycles. The number of carbonyl (C=O) groups is 5. The van der Waals surface area contributed by atoms with Crippen LogP contribution >= 0.6 is 0 Å². The summed E-state index contributed by atoms with van der Waals surface area (Å²) in [7, 11) is 1.40. The molecule has 9 nitrogen and oxygen atoms in total. The second-order valence-corrected chi connectivity index (χ2v) is 7.72. The lowest BCUT2D eigenvalue weighted by Gasteiger charge is -2.20. The van der Waals surface area contributed by atoms with E-state index in [2.05, 4.69) is 10.6 Å². The van der Waals surface area contributed by atoms with Crippen LogP contribution in [0.3, 0.4) is 0 Å². The molecule has 0 bridgehead atoms. The van der Waals surface area contributed by atoms with E-state index in [0.717, 1.165) is 17.7 Å². The van der Waals surface area contributed by atoms with Gasteiger partial charge in [0.1, 0.15) is 5.54 Å². The normalized spacial score (nSPS) is 19.9. The fourth-order valence-electron chi connectivity index (χ4n) is 4.24. The highest BCUT2D eigenvalue weighted by Crippen LogP contribution is 2.35. The Hall–Kier alpha value is -3.23. The van der Waals surface area contributed by atoms with Crippen LogP contribution < -0.4 is 10.6 Å². The van der Waals surface area contributed by atoms with Crippen molar-refractivity contribution < 1.29 is 24.0 Å². The fraction of sp³-hybridized carbons (Fsp3) is 0.450. The second-order valence-electron chi connectivity index (χ2n) is 7.72. The number of rotatable bonds is 5. The van der Waals surface area contributed by atoms with Crippen LogP contribution in [0.15, 0.2) is 18.2 Å². The average molecular weight is 398 g/mol. The summed E-state index contributed by atoms with van der Waals surface area (Å²) >= 11 is 0. The number of nitrogens with one attached hydrogen (secondary N) is 2. The Morgan fingerprint density at radius 1 is 1.10 bits per heavy atom. The van der Waals surface area contributed by atoms with Crippen LogP contribution in [0.2, 0.25) is 0 Å². The molecule has 9 heteroatoms. The first-order valence-corrected chi connectivity index (χ1v) is 9.73. The maximum Gasteiger partial charge on any atom is 0.325 e. The number of benzene rings is 1. The maximum atomic E-state index is 12.6. The molecule has 1 aromatic carbocycles. The highest BCUT2D eigenvalue weighted by molar-refractivity contribution is 6.21. The summed E-state index contributed by atoms with van der Waals surface area (Å²) in [6.07, 6.45) is 3.65. The minimum absolute atomic E-state index is 0.169. The van der Waals surface area contributed by atoms with Gasteiger partial charge in [-0.1, -0.05) is 12.8 Å². The van der Waals surface area contributed by atoms with Crippen LogP contribution in [-0.4, -0.2) is 65.1 Å². The van der Waals surface area contributed by atoms with Gasteiger partial charge in [-0.15, -0.1) is 0 Å². The number of nitrogens with zero attached hydrogens (tertiary/aromatic N) is 2. The highest BCUT2D eigenvalue weighted by Gasteiger charge is 2.52. The summed E-state index contributed by atoms with van der Waals surface area (Å²) in [6, 6.07) is 4.02. The molecule has 1 saturated carbocycles. The molecule has 152 valence electrons. The first-order valence-electron chi connectivity index (χ1n) is 9.73. The zero-order chi connectivity index (χ0) is 20.8. The predicted octanol–water partition coefficient (Wildman–Crippen LogP) is 0.897. The van der Waals surface area contributed by atoms with Crippen molar-refractivity contribution in [2.45, 2.75) is 37.6 Å². The van der Waals surface area contributed by atoms with Gasteiger partial charge in [0, 0.05) is 25.7 Å². The SMILES string of the molecule is CN1C(=O)c2ccc(C(=O)NCCCN3C(=O)NC4(CCCC4)C3=O)cc2C1=O. The quantitative estimate of drug-likeness (QED) is 0.434. The van der Waals surface area contributed by atoms with E-state index < -0.39 is 11.4 Å². The van der Waals surface area contributed by atoms with Gasteiger partial charge < -0.3 is 10.6 Å². The Labute approximate surface area is 167 Å². The van der Waals surface area contributed by atoms with Crippen LogP contribution in [-0.2, 0) is 4.79 Å². The largest absolute Gasteiger partial charge is 0.352 e. The number of hydrogen-bond donors (Lipinski definition) is 2. The minimum Gasteiger partial charge on any atom is -0.352 e. The molecule has 4 rings (SSSR count). The molecule has 0 unspecified atom stereocenters. The van der Waals surface area contributed by atoms with E-state index in [9.17, 15) is 24.0 Å². The molecule has 2 aliphatic heterocycles. The van der Waals surface area contributed by atoms with Gasteiger partial charge in [0.2, 0.25) is 0 Å². The average Bonchev–Trinajstić information content (AvgIpc) is 3.34. The van der Waals surface area contributed by atoms with Gasteiger partial charge in [0.25, 0.3) is 23.6 Å². The van der Waals surface area contributed by atoms with Crippen molar-refractivity contribution in [2.24, 2.45) is 0 Å². The van der Waals surface area contributed by atoms with Crippen LogP contribution in [0.4, 0.5) is 4.79 Å². The Morgan fingerprint density at radius 2 is 1.79 bits per heavy atom. The first kappa shape index (κ1) is 19.1. The van der Waals surface area contributed by atoms with E-state index in [0.29, 0.717) is 19.3 Å². The molecule has 29 heavy (non-hydrogen) atoms. The molecule has 1 aliphatic carbocycles. The van der Waals surface area contributed by atoms with Crippen molar-refractivity contribution >= 4 is 29.7 Å². The fourth-order valence-corrected chi connectivity index (χ4v) is 4.24.